The minimum Gasteiger partial charge on any atom is -0.444 e. The van der Waals surface area contributed by atoms with Crippen molar-refractivity contribution in [3.8, 4) is 0 Å². The SMILES string of the molecule is CCC(C)NC(=O)CCNC(=NC)NCC(CC)(CC)NC(=O)OC(C)(C)C.I. The number of amides is 2. The van der Waals surface area contributed by atoms with Gasteiger partial charge < -0.3 is 26.0 Å². The number of rotatable bonds is 10. The van der Waals surface area contributed by atoms with E-state index in [1.54, 1.807) is 7.05 Å². The molecule has 2 amide bonds. The summed E-state index contributed by atoms with van der Waals surface area (Å²) in [6.45, 7) is 14.6. The van der Waals surface area contributed by atoms with E-state index in [0.717, 1.165) is 19.3 Å². The summed E-state index contributed by atoms with van der Waals surface area (Å²) in [6.07, 6.45) is 2.33. The number of carbonyl (C=O) groups is 2. The van der Waals surface area contributed by atoms with E-state index >= 15 is 0 Å². The average molecular weight is 527 g/mol. The van der Waals surface area contributed by atoms with Gasteiger partial charge in [0.25, 0.3) is 0 Å². The van der Waals surface area contributed by atoms with Crippen LogP contribution >= 0.6 is 24.0 Å². The van der Waals surface area contributed by atoms with Crippen LogP contribution in [0.15, 0.2) is 4.99 Å². The minimum absolute atomic E-state index is 0. The topological polar surface area (TPSA) is 104 Å². The fourth-order valence-electron chi connectivity index (χ4n) is 2.46. The van der Waals surface area contributed by atoms with Crippen LogP contribution in [0, 0.1) is 0 Å². The zero-order valence-corrected chi connectivity index (χ0v) is 21.7. The maximum Gasteiger partial charge on any atom is 0.408 e. The lowest BCUT2D eigenvalue weighted by Gasteiger charge is -2.34. The van der Waals surface area contributed by atoms with E-state index in [1.807, 2.05) is 48.5 Å². The van der Waals surface area contributed by atoms with E-state index in [9.17, 15) is 9.59 Å². The van der Waals surface area contributed by atoms with E-state index in [1.165, 1.54) is 0 Å². The van der Waals surface area contributed by atoms with Gasteiger partial charge in [-0.05, 0) is 47.0 Å². The third-order valence-corrected chi connectivity index (χ3v) is 4.60. The van der Waals surface area contributed by atoms with Gasteiger partial charge in [-0.25, -0.2) is 4.79 Å². The number of halogens is 1. The summed E-state index contributed by atoms with van der Waals surface area (Å²) in [7, 11) is 1.68. The number of hydrogen-bond donors (Lipinski definition) is 4. The highest BCUT2D eigenvalue weighted by atomic mass is 127. The smallest absolute Gasteiger partial charge is 0.408 e. The van der Waals surface area contributed by atoms with E-state index in [4.69, 9.17) is 4.74 Å². The van der Waals surface area contributed by atoms with E-state index in [2.05, 4.69) is 26.3 Å². The number of alkyl carbamates (subject to hydrolysis) is 1. The first-order valence-corrected chi connectivity index (χ1v) is 10.3. The standard InChI is InChI=1S/C20H41N5O3.HI/c1-9-15(4)24-16(26)12-13-22-17(21-8)23-14-20(10-2,11-3)25-18(27)28-19(5,6)7;/h15H,9-14H2,1-8H3,(H,24,26)(H,25,27)(H2,21,22,23);1H. The van der Waals surface area contributed by atoms with Gasteiger partial charge in [-0.15, -0.1) is 24.0 Å². The molecule has 8 nitrogen and oxygen atoms in total. The highest BCUT2D eigenvalue weighted by Crippen LogP contribution is 2.16. The fourth-order valence-corrected chi connectivity index (χ4v) is 2.46. The van der Waals surface area contributed by atoms with E-state index < -0.39 is 17.2 Å². The summed E-state index contributed by atoms with van der Waals surface area (Å²) in [5.74, 6) is 0.606. The Balaban J connectivity index is 0. The molecule has 0 bridgehead atoms. The molecular formula is C20H42IN5O3. The second kappa shape index (κ2) is 14.7. The van der Waals surface area contributed by atoms with Gasteiger partial charge in [0.15, 0.2) is 5.96 Å². The molecule has 0 saturated carbocycles. The lowest BCUT2D eigenvalue weighted by Crippen LogP contribution is -2.57. The first-order valence-electron chi connectivity index (χ1n) is 10.3. The van der Waals surface area contributed by atoms with Crippen LogP contribution in [-0.4, -0.2) is 55.3 Å². The van der Waals surface area contributed by atoms with Crippen molar-refractivity contribution in [1.82, 2.24) is 21.3 Å². The Labute approximate surface area is 193 Å². The third-order valence-electron chi connectivity index (χ3n) is 4.60. The lowest BCUT2D eigenvalue weighted by atomic mass is 9.93. The predicted octanol–water partition coefficient (Wildman–Crippen LogP) is 3.16. The van der Waals surface area contributed by atoms with Crippen molar-refractivity contribution in [1.29, 1.82) is 0 Å². The van der Waals surface area contributed by atoms with Crippen molar-refractivity contribution in [2.45, 2.75) is 91.3 Å². The van der Waals surface area contributed by atoms with Gasteiger partial charge >= 0.3 is 6.09 Å². The van der Waals surface area contributed by atoms with Crippen LogP contribution in [0.5, 0.6) is 0 Å². The zero-order chi connectivity index (χ0) is 21.8. The Kier molecular flexibility index (Phi) is 15.2. The molecule has 0 saturated heterocycles. The minimum atomic E-state index is -0.543. The van der Waals surface area contributed by atoms with Crippen molar-refractivity contribution >= 4 is 41.9 Å². The van der Waals surface area contributed by atoms with Crippen molar-refractivity contribution in [3.63, 3.8) is 0 Å². The fraction of sp³-hybridized carbons (Fsp3) is 0.850. The van der Waals surface area contributed by atoms with E-state index in [0.29, 0.717) is 25.5 Å². The van der Waals surface area contributed by atoms with Gasteiger partial charge in [0.2, 0.25) is 5.91 Å². The summed E-state index contributed by atoms with van der Waals surface area (Å²) in [4.78, 5) is 28.3. The lowest BCUT2D eigenvalue weighted by molar-refractivity contribution is -0.121. The first-order chi connectivity index (χ1) is 13.0. The van der Waals surface area contributed by atoms with Gasteiger partial charge in [-0.1, -0.05) is 20.8 Å². The molecule has 0 radical (unpaired) electrons. The molecule has 0 aromatic carbocycles. The number of carbonyl (C=O) groups excluding carboxylic acids is 2. The molecule has 0 aliphatic rings. The summed E-state index contributed by atoms with van der Waals surface area (Å²) in [6, 6.07) is 0.179. The number of aliphatic imine (C=N–C) groups is 1. The first kappa shape index (κ1) is 29.9. The molecule has 0 fully saturated rings. The van der Waals surface area contributed by atoms with Gasteiger partial charge in [0, 0.05) is 32.6 Å². The molecule has 0 heterocycles. The van der Waals surface area contributed by atoms with Crippen LogP contribution in [0.3, 0.4) is 0 Å². The number of ether oxygens (including phenoxy) is 1. The van der Waals surface area contributed by atoms with Crippen LogP contribution < -0.4 is 21.3 Å². The quantitative estimate of drug-likeness (QED) is 0.199. The van der Waals surface area contributed by atoms with Crippen molar-refractivity contribution in [3.05, 3.63) is 0 Å². The molecule has 9 heteroatoms. The second-order valence-electron chi connectivity index (χ2n) is 8.09. The molecule has 0 spiro atoms. The van der Waals surface area contributed by atoms with Gasteiger partial charge in [-0.2, -0.15) is 0 Å². The maximum atomic E-state index is 12.2. The Morgan fingerprint density at radius 1 is 1.07 bits per heavy atom. The molecule has 172 valence electrons. The van der Waals surface area contributed by atoms with Crippen LogP contribution in [0.2, 0.25) is 0 Å². The molecule has 0 rings (SSSR count). The molecule has 1 unspecified atom stereocenters. The number of hydrogen-bond acceptors (Lipinski definition) is 4. The number of nitrogens with one attached hydrogen (secondary N) is 4. The van der Waals surface area contributed by atoms with Crippen LogP contribution in [0.1, 0.15) is 74.1 Å². The third kappa shape index (κ3) is 13.6. The Morgan fingerprint density at radius 2 is 1.66 bits per heavy atom. The van der Waals surface area contributed by atoms with Gasteiger partial charge in [-0.3, -0.25) is 9.79 Å². The molecule has 1 atom stereocenters. The summed E-state index contributed by atoms with van der Waals surface area (Å²) < 4.78 is 5.39. The maximum absolute atomic E-state index is 12.2. The zero-order valence-electron chi connectivity index (χ0n) is 19.4. The Bertz CT molecular complexity index is 517. The summed E-state index contributed by atoms with van der Waals surface area (Å²) in [5, 5.41) is 12.3. The molecule has 0 aromatic heterocycles. The molecule has 29 heavy (non-hydrogen) atoms. The Hall–Kier alpha value is -1.26. The van der Waals surface area contributed by atoms with Crippen LogP contribution in [0.25, 0.3) is 0 Å². The molecule has 0 aliphatic carbocycles. The van der Waals surface area contributed by atoms with Crippen LogP contribution in [-0.2, 0) is 9.53 Å². The molecule has 0 aromatic rings. The molecule has 0 aliphatic heterocycles. The van der Waals surface area contributed by atoms with Gasteiger partial charge in [0.1, 0.15) is 5.60 Å². The van der Waals surface area contributed by atoms with Crippen molar-refractivity contribution in [2.75, 3.05) is 20.1 Å². The monoisotopic (exact) mass is 527 g/mol. The highest BCUT2D eigenvalue weighted by Gasteiger charge is 2.30. The normalized spacial score (nSPS) is 13.0. The Morgan fingerprint density at radius 3 is 2.10 bits per heavy atom. The number of guanidine groups is 1. The van der Waals surface area contributed by atoms with Crippen molar-refractivity contribution in [2.24, 2.45) is 4.99 Å². The largest absolute Gasteiger partial charge is 0.444 e. The number of nitrogens with zero attached hydrogens (tertiary/aromatic N) is 1. The molecule has 4 N–H and O–H groups in total. The highest BCUT2D eigenvalue weighted by molar-refractivity contribution is 14.0. The van der Waals surface area contributed by atoms with Crippen LogP contribution in [0.4, 0.5) is 4.79 Å². The molecular weight excluding hydrogens is 485 g/mol. The van der Waals surface area contributed by atoms with Gasteiger partial charge in [0.05, 0.1) is 5.54 Å². The summed E-state index contributed by atoms with van der Waals surface area (Å²) >= 11 is 0. The summed E-state index contributed by atoms with van der Waals surface area (Å²) in [5.41, 5.74) is -0.994. The second-order valence-corrected chi connectivity index (χ2v) is 8.09. The van der Waals surface area contributed by atoms with Crippen molar-refractivity contribution < 1.29 is 14.3 Å². The average Bonchev–Trinajstić information content (AvgIpc) is 2.61. The van der Waals surface area contributed by atoms with E-state index in [-0.39, 0.29) is 35.9 Å². The predicted molar refractivity (Wildman–Crippen MR) is 130 cm³/mol.